The molecule has 1 amide bonds. The van der Waals surface area contributed by atoms with Crippen molar-refractivity contribution in [2.75, 3.05) is 53.6 Å². The summed E-state index contributed by atoms with van der Waals surface area (Å²) in [6.45, 7) is 11.5. The molecule has 0 aliphatic rings. The Hall–Kier alpha value is -2.36. The lowest BCUT2D eigenvalue weighted by Crippen LogP contribution is -2.45. The molecule has 55 heavy (non-hydrogen) atoms. The molecule has 10 nitrogen and oxygen atoms in total. The number of nitrogens with zero attached hydrogens (tertiary/aromatic N) is 1. The number of carbonyl (C=O) groups excluding carboxylic acids is 4. The predicted octanol–water partition coefficient (Wildman–Crippen LogP) is 11.0. The van der Waals surface area contributed by atoms with Gasteiger partial charge in [0.15, 0.2) is 0 Å². The third kappa shape index (κ3) is 30.5. The van der Waals surface area contributed by atoms with Crippen LogP contribution in [-0.2, 0) is 33.3 Å². The molecule has 0 spiro atoms. The molecule has 0 aromatic carbocycles. The molecule has 10 heteroatoms. The molecule has 324 valence electrons. The van der Waals surface area contributed by atoms with Gasteiger partial charge in [0.1, 0.15) is 31.8 Å². The van der Waals surface area contributed by atoms with E-state index in [1.54, 1.807) is 0 Å². The first-order valence-corrected chi connectivity index (χ1v) is 22.6. The lowest BCUT2D eigenvalue weighted by Gasteiger charge is -2.32. The van der Waals surface area contributed by atoms with Gasteiger partial charge in [-0.2, -0.15) is 0 Å². The van der Waals surface area contributed by atoms with Crippen LogP contribution >= 0.6 is 0 Å². The average Bonchev–Trinajstić information content (AvgIpc) is 3.17. The van der Waals surface area contributed by atoms with Crippen molar-refractivity contribution in [2.45, 2.75) is 195 Å². The SMILES string of the molecule is CCCCCCCC(=O)OCC(COC(=O)CCCCCCC)(COC(=O)CCC(CCCC)C(CCCC)CCCC)COC(=O)NCCCCN(C)C. The number of unbranched alkanes of at least 4 members (excludes halogenated alkanes) is 12. The van der Waals surface area contributed by atoms with E-state index in [9.17, 15) is 19.2 Å². The maximum absolute atomic E-state index is 13.5. The molecule has 0 bridgehead atoms. The van der Waals surface area contributed by atoms with Gasteiger partial charge in [-0.05, 0) is 64.6 Å². The lowest BCUT2D eigenvalue weighted by atomic mass is 9.79. The van der Waals surface area contributed by atoms with Crippen molar-refractivity contribution >= 4 is 24.0 Å². The number of ether oxygens (including phenoxy) is 4. The zero-order valence-corrected chi connectivity index (χ0v) is 36.8. The molecule has 1 atom stereocenters. The summed E-state index contributed by atoms with van der Waals surface area (Å²) in [5.41, 5.74) is -1.25. The van der Waals surface area contributed by atoms with E-state index < -0.39 is 11.5 Å². The van der Waals surface area contributed by atoms with Crippen LogP contribution in [0.2, 0.25) is 0 Å². The average molecular weight is 783 g/mol. The molecule has 0 aromatic rings. The standard InChI is InChI=1S/C45H86N2O8/c1-8-13-18-20-22-29-41(48)52-35-45(36-53-42(49)30-23-21-19-14-9-2,38-55-44(51)46-33-24-25-34-47(6)7)37-54-43(50)32-31-40(28-17-12-5)39(26-15-10-3)27-16-11-4/h39-40H,8-38H2,1-7H3,(H,46,51). The number of nitrogens with one attached hydrogen (secondary N) is 1. The molecule has 0 heterocycles. The molecule has 0 aliphatic carbocycles. The third-order valence-electron chi connectivity index (χ3n) is 10.6. The van der Waals surface area contributed by atoms with Crippen molar-refractivity contribution in [3.63, 3.8) is 0 Å². The fraction of sp³-hybridized carbons (Fsp3) is 0.911. The van der Waals surface area contributed by atoms with Crippen molar-refractivity contribution in [1.29, 1.82) is 0 Å². The highest BCUT2D eigenvalue weighted by atomic mass is 16.6. The topological polar surface area (TPSA) is 120 Å². The first kappa shape index (κ1) is 52.6. The zero-order valence-electron chi connectivity index (χ0n) is 36.8. The molecule has 1 unspecified atom stereocenters. The highest BCUT2D eigenvalue weighted by Crippen LogP contribution is 2.32. The van der Waals surface area contributed by atoms with Crippen LogP contribution in [-0.4, -0.2) is 82.5 Å². The van der Waals surface area contributed by atoms with Crippen LogP contribution in [0.25, 0.3) is 0 Å². The predicted molar refractivity (Wildman–Crippen MR) is 224 cm³/mol. The van der Waals surface area contributed by atoms with Gasteiger partial charge in [-0.1, -0.05) is 144 Å². The van der Waals surface area contributed by atoms with Gasteiger partial charge in [0, 0.05) is 25.8 Å². The fourth-order valence-electron chi connectivity index (χ4n) is 6.86. The minimum atomic E-state index is -1.25. The quantitative estimate of drug-likeness (QED) is 0.0371. The van der Waals surface area contributed by atoms with E-state index >= 15 is 0 Å². The van der Waals surface area contributed by atoms with Crippen LogP contribution in [0.1, 0.15) is 195 Å². The van der Waals surface area contributed by atoms with Gasteiger partial charge < -0.3 is 29.2 Å². The van der Waals surface area contributed by atoms with Crippen molar-refractivity contribution in [2.24, 2.45) is 17.3 Å². The molecule has 0 fully saturated rings. The molecule has 0 saturated carbocycles. The number of alkyl carbamates (subject to hydrolysis) is 1. The second-order valence-electron chi connectivity index (χ2n) is 16.3. The van der Waals surface area contributed by atoms with E-state index in [4.69, 9.17) is 18.9 Å². The Morgan fingerprint density at radius 3 is 1.31 bits per heavy atom. The van der Waals surface area contributed by atoms with Gasteiger partial charge in [0.25, 0.3) is 0 Å². The smallest absolute Gasteiger partial charge is 0.407 e. The third-order valence-corrected chi connectivity index (χ3v) is 10.6. The van der Waals surface area contributed by atoms with Gasteiger partial charge in [0.05, 0.1) is 0 Å². The molecule has 0 radical (unpaired) electrons. The number of rotatable bonds is 38. The second kappa shape index (κ2) is 36.0. The van der Waals surface area contributed by atoms with Crippen LogP contribution in [0.3, 0.4) is 0 Å². The Morgan fingerprint density at radius 2 is 0.873 bits per heavy atom. The molecule has 0 rings (SSSR count). The minimum absolute atomic E-state index is 0.204. The number of hydrogen-bond donors (Lipinski definition) is 1. The van der Waals surface area contributed by atoms with Gasteiger partial charge in [-0.25, -0.2) is 4.79 Å². The van der Waals surface area contributed by atoms with E-state index in [1.807, 2.05) is 14.1 Å². The number of esters is 3. The number of hydrogen-bond acceptors (Lipinski definition) is 9. The van der Waals surface area contributed by atoms with Crippen molar-refractivity contribution in [3.05, 3.63) is 0 Å². The Bertz CT molecular complexity index is 921. The van der Waals surface area contributed by atoms with Crippen LogP contribution < -0.4 is 5.32 Å². The monoisotopic (exact) mass is 783 g/mol. The van der Waals surface area contributed by atoms with Crippen LogP contribution in [0.15, 0.2) is 0 Å². The van der Waals surface area contributed by atoms with E-state index in [1.165, 1.54) is 25.7 Å². The van der Waals surface area contributed by atoms with Gasteiger partial charge in [0.2, 0.25) is 0 Å². The Kier molecular flexibility index (Phi) is 34.5. The van der Waals surface area contributed by atoms with E-state index in [-0.39, 0.29) is 63.6 Å². The maximum Gasteiger partial charge on any atom is 0.407 e. The molecule has 0 aliphatic heterocycles. The van der Waals surface area contributed by atoms with E-state index in [0.717, 1.165) is 122 Å². The Balaban J connectivity index is 5.98. The number of carbonyl (C=O) groups is 4. The van der Waals surface area contributed by atoms with Crippen molar-refractivity contribution in [1.82, 2.24) is 10.2 Å². The molecule has 0 saturated heterocycles. The zero-order chi connectivity index (χ0) is 41.0. The number of amides is 1. The highest BCUT2D eigenvalue weighted by Gasteiger charge is 2.38. The van der Waals surface area contributed by atoms with Gasteiger partial charge >= 0.3 is 24.0 Å². The summed E-state index contributed by atoms with van der Waals surface area (Å²) in [4.78, 5) is 54.3. The van der Waals surface area contributed by atoms with Gasteiger partial charge in [-0.3, -0.25) is 14.4 Å². The minimum Gasteiger partial charge on any atom is -0.465 e. The summed E-state index contributed by atoms with van der Waals surface area (Å²) in [6, 6.07) is 0. The second-order valence-corrected chi connectivity index (χ2v) is 16.3. The summed E-state index contributed by atoms with van der Waals surface area (Å²) in [5.74, 6) is -0.0365. The van der Waals surface area contributed by atoms with E-state index in [2.05, 4.69) is 44.8 Å². The fourth-order valence-corrected chi connectivity index (χ4v) is 6.86. The van der Waals surface area contributed by atoms with Crippen LogP contribution in [0.5, 0.6) is 0 Å². The van der Waals surface area contributed by atoms with E-state index in [0.29, 0.717) is 18.4 Å². The lowest BCUT2D eigenvalue weighted by molar-refractivity contribution is -0.165. The summed E-state index contributed by atoms with van der Waals surface area (Å²) in [6.07, 6.45) is 23.1. The Labute approximate surface area is 337 Å². The largest absolute Gasteiger partial charge is 0.465 e. The Morgan fingerprint density at radius 1 is 0.473 bits per heavy atom. The van der Waals surface area contributed by atoms with Gasteiger partial charge in [-0.15, -0.1) is 0 Å². The molecular formula is C45H86N2O8. The van der Waals surface area contributed by atoms with Crippen molar-refractivity contribution in [3.8, 4) is 0 Å². The summed E-state index contributed by atoms with van der Waals surface area (Å²) in [5, 5.41) is 2.80. The molecular weight excluding hydrogens is 697 g/mol. The highest BCUT2D eigenvalue weighted by molar-refractivity contribution is 5.70. The van der Waals surface area contributed by atoms with Crippen LogP contribution in [0.4, 0.5) is 4.79 Å². The van der Waals surface area contributed by atoms with Crippen LogP contribution in [0, 0.1) is 17.3 Å². The first-order valence-electron chi connectivity index (χ1n) is 22.6. The van der Waals surface area contributed by atoms with Crippen molar-refractivity contribution < 1.29 is 38.1 Å². The molecule has 1 N–H and O–H groups in total. The summed E-state index contributed by atoms with van der Waals surface area (Å²) < 4.78 is 23.2. The summed E-state index contributed by atoms with van der Waals surface area (Å²) in [7, 11) is 4.02. The summed E-state index contributed by atoms with van der Waals surface area (Å²) >= 11 is 0. The normalized spacial score (nSPS) is 12.2. The molecule has 0 aromatic heterocycles. The first-order chi connectivity index (χ1) is 26.6. The maximum atomic E-state index is 13.5.